The van der Waals surface area contributed by atoms with Gasteiger partial charge in [-0.15, -0.1) is 0 Å². The fourth-order valence-corrected chi connectivity index (χ4v) is 2.86. The van der Waals surface area contributed by atoms with E-state index in [9.17, 15) is 9.90 Å². The number of benzene rings is 2. The van der Waals surface area contributed by atoms with E-state index in [1.807, 2.05) is 49.4 Å². The number of aliphatic hydroxyl groups excluding tert-OH is 1. The summed E-state index contributed by atoms with van der Waals surface area (Å²) in [5.74, 6) is 0.465. The van der Waals surface area contributed by atoms with E-state index >= 15 is 0 Å². The highest BCUT2D eigenvalue weighted by molar-refractivity contribution is 5.97. The summed E-state index contributed by atoms with van der Waals surface area (Å²) in [6, 6.07) is 16.2. The van der Waals surface area contributed by atoms with Gasteiger partial charge in [-0.25, -0.2) is 4.79 Å². The number of aliphatic hydroxyl groups is 1. The Kier molecular flexibility index (Phi) is 3.06. The van der Waals surface area contributed by atoms with E-state index in [1.54, 1.807) is 6.07 Å². The zero-order valence-corrected chi connectivity index (χ0v) is 12.4. The van der Waals surface area contributed by atoms with Crippen LogP contribution in [0.15, 0.2) is 68.2 Å². The molecule has 0 radical (unpaired) electrons. The van der Waals surface area contributed by atoms with Crippen molar-refractivity contribution in [3.63, 3.8) is 0 Å². The van der Waals surface area contributed by atoms with Gasteiger partial charge in [0.05, 0.1) is 0 Å². The lowest BCUT2D eigenvalue weighted by Crippen LogP contribution is -1.96. The molecule has 114 valence electrons. The lowest BCUT2D eigenvalue weighted by Gasteiger charge is -2.07. The van der Waals surface area contributed by atoms with Crippen molar-refractivity contribution in [3.05, 3.63) is 81.9 Å². The molecule has 0 aliphatic carbocycles. The van der Waals surface area contributed by atoms with Crippen molar-refractivity contribution in [1.82, 2.24) is 0 Å². The van der Waals surface area contributed by atoms with Crippen molar-refractivity contribution in [2.45, 2.75) is 13.0 Å². The Morgan fingerprint density at radius 2 is 1.65 bits per heavy atom. The molecule has 2 aromatic heterocycles. The molecule has 1 N–H and O–H groups in total. The van der Waals surface area contributed by atoms with E-state index in [0.29, 0.717) is 16.9 Å². The van der Waals surface area contributed by atoms with Crippen LogP contribution in [0.25, 0.3) is 21.9 Å². The van der Waals surface area contributed by atoms with E-state index in [1.165, 1.54) is 6.07 Å². The van der Waals surface area contributed by atoms with Crippen molar-refractivity contribution in [2.24, 2.45) is 0 Å². The van der Waals surface area contributed by atoms with Crippen molar-refractivity contribution < 1.29 is 13.9 Å². The van der Waals surface area contributed by atoms with E-state index < -0.39 is 11.7 Å². The van der Waals surface area contributed by atoms with Crippen molar-refractivity contribution in [3.8, 4) is 0 Å². The summed E-state index contributed by atoms with van der Waals surface area (Å²) < 4.78 is 11.1. The maximum Gasteiger partial charge on any atom is 0.336 e. The number of furan rings is 1. The fraction of sp³-hybridized carbons (Fsp3) is 0.105. The molecule has 2 aromatic carbocycles. The van der Waals surface area contributed by atoms with Crippen LogP contribution in [0.3, 0.4) is 0 Å². The minimum atomic E-state index is -0.835. The molecular weight excluding hydrogens is 292 g/mol. The Morgan fingerprint density at radius 1 is 0.913 bits per heavy atom. The molecular formula is C19H14O4. The quantitative estimate of drug-likeness (QED) is 0.570. The average Bonchev–Trinajstić information content (AvgIpc) is 3.00. The third kappa shape index (κ3) is 2.24. The topological polar surface area (TPSA) is 63.6 Å². The normalized spacial score (nSPS) is 12.8. The summed E-state index contributed by atoms with van der Waals surface area (Å²) in [6.07, 6.45) is -0.835. The molecule has 4 rings (SSSR count). The van der Waals surface area contributed by atoms with Crippen LogP contribution < -0.4 is 5.63 Å². The smallest absolute Gasteiger partial charge is 0.336 e. The van der Waals surface area contributed by atoms with Crippen LogP contribution in [0, 0.1) is 6.92 Å². The van der Waals surface area contributed by atoms with Crippen LogP contribution in [0.4, 0.5) is 0 Å². The first kappa shape index (κ1) is 13.8. The second-order valence-corrected chi connectivity index (χ2v) is 5.55. The maximum atomic E-state index is 11.4. The minimum Gasteiger partial charge on any atom is -0.458 e. The Balaban J connectivity index is 1.92. The number of hydrogen-bond acceptors (Lipinski definition) is 4. The Labute approximate surface area is 131 Å². The SMILES string of the molecule is Cc1c2oc(C(O)c3ccccc3)cc2cc2ccc(=O)oc12. The molecule has 1 unspecified atom stereocenters. The van der Waals surface area contributed by atoms with Crippen LogP contribution in [0.1, 0.15) is 23.0 Å². The van der Waals surface area contributed by atoms with Gasteiger partial charge in [0.15, 0.2) is 0 Å². The zero-order chi connectivity index (χ0) is 16.0. The Hall–Kier alpha value is -2.85. The first-order valence-corrected chi connectivity index (χ1v) is 7.33. The van der Waals surface area contributed by atoms with Gasteiger partial charge >= 0.3 is 5.63 Å². The number of hydrogen-bond donors (Lipinski definition) is 1. The van der Waals surface area contributed by atoms with Crippen molar-refractivity contribution >= 4 is 21.9 Å². The van der Waals surface area contributed by atoms with E-state index in [4.69, 9.17) is 8.83 Å². The number of fused-ring (bicyclic) bond motifs is 2. The third-order valence-corrected chi connectivity index (χ3v) is 4.02. The van der Waals surface area contributed by atoms with Gasteiger partial charge in [-0.2, -0.15) is 0 Å². The van der Waals surface area contributed by atoms with Gasteiger partial charge in [0, 0.05) is 22.4 Å². The molecule has 4 nitrogen and oxygen atoms in total. The zero-order valence-electron chi connectivity index (χ0n) is 12.4. The largest absolute Gasteiger partial charge is 0.458 e. The first-order valence-electron chi connectivity index (χ1n) is 7.33. The molecule has 0 fully saturated rings. The summed E-state index contributed by atoms with van der Waals surface area (Å²) in [6.45, 7) is 1.84. The second-order valence-electron chi connectivity index (χ2n) is 5.55. The minimum absolute atomic E-state index is 0.393. The predicted octanol–water partition coefficient (Wildman–Crippen LogP) is 3.93. The molecule has 0 aliphatic heterocycles. The third-order valence-electron chi connectivity index (χ3n) is 4.02. The first-order chi connectivity index (χ1) is 11.1. The molecule has 23 heavy (non-hydrogen) atoms. The van der Waals surface area contributed by atoms with Crippen molar-refractivity contribution in [1.29, 1.82) is 0 Å². The summed E-state index contributed by atoms with van der Waals surface area (Å²) in [5.41, 5.74) is 2.26. The highest BCUT2D eigenvalue weighted by atomic mass is 16.4. The summed E-state index contributed by atoms with van der Waals surface area (Å²) in [7, 11) is 0. The van der Waals surface area contributed by atoms with Crippen LogP contribution in [0.5, 0.6) is 0 Å². The Morgan fingerprint density at radius 3 is 2.43 bits per heavy atom. The molecule has 4 heteroatoms. The summed E-state index contributed by atoms with van der Waals surface area (Å²) in [5, 5.41) is 12.2. The molecule has 0 saturated carbocycles. The molecule has 0 amide bonds. The molecule has 1 atom stereocenters. The Bertz CT molecular complexity index is 1060. The van der Waals surface area contributed by atoms with E-state index in [2.05, 4.69) is 0 Å². The summed E-state index contributed by atoms with van der Waals surface area (Å²) in [4.78, 5) is 11.4. The molecule has 4 aromatic rings. The number of rotatable bonds is 2. The molecule has 2 heterocycles. The maximum absolute atomic E-state index is 11.4. The van der Waals surface area contributed by atoms with Gasteiger partial charge in [-0.1, -0.05) is 30.3 Å². The molecule has 0 bridgehead atoms. The highest BCUT2D eigenvalue weighted by Crippen LogP contribution is 2.33. The summed E-state index contributed by atoms with van der Waals surface area (Å²) >= 11 is 0. The van der Waals surface area contributed by atoms with Crippen LogP contribution >= 0.6 is 0 Å². The lowest BCUT2D eigenvalue weighted by atomic mass is 10.1. The lowest BCUT2D eigenvalue weighted by molar-refractivity contribution is 0.192. The van der Waals surface area contributed by atoms with Crippen LogP contribution in [-0.4, -0.2) is 5.11 Å². The van der Waals surface area contributed by atoms with Gasteiger partial charge < -0.3 is 13.9 Å². The molecule has 0 saturated heterocycles. The number of aryl methyl sites for hydroxylation is 1. The van der Waals surface area contributed by atoms with Gasteiger partial charge in [0.1, 0.15) is 23.0 Å². The van der Waals surface area contributed by atoms with E-state index in [0.717, 1.165) is 21.9 Å². The fourth-order valence-electron chi connectivity index (χ4n) is 2.86. The van der Waals surface area contributed by atoms with Gasteiger partial charge in [-0.05, 0) is 30.7 Å². The second kappa shape index (κ2) is 5.11. The van der Waals surface area contributed by atoms with Gasteiger partial charge in [0.25, 0.3) is 0 Å². The molecule has 0 aliphatic rings. The van der Waals surface area contributed by atoms with E-state index in [-0.39, 0.29) is 0 Å². The predicted molar refractivity (Wildman–Crippen MR) is 87.5 cm³/mol. The van der Waals surface area contributed by atoms with Crippen LogP contribution in [-0.2, 0) is 0 Å². The standard InChI is InChI=1S/C19H14O4/c1-11-18-13(7-8-16(20)23-18)9-14-10-15(22-19(11)14)17(21)12-5-3-2-4-6-12/h2-10,17,21H,1H3. The van der Waals surface area contributed by atoms with Crippen molar-refractivity contribution in [2.75, 3.05) is 0 Å². The van der Waals surface area contributed by atoms with Gasteiger partial charge in [0.2, 0.25) is 0 Å². The molecule has 0 spiro atoms. The average molecular weight is 306 g/mol. The highest BCUT2D eigenvalue weighted by Gasteiger charge is 2.18. The van der Waals surface area contributed by atoms with Crippen LogP contribution in [0.2, 0.25) is 0 Å². The van der Waals surface area contributed by atoms with Gasteiger partial charge in [-0.3, -0.25) is 0 Å². The monoisotopic (exact) mass is 306 g/mol.